The Kier molecular flexibility index (Phi) is 26.6. The standard InChI is InChI=1S/C35H64O3/c1-3-5-7-9-11-12-13-14-15-16-17-19-21-23-29-36-30-31-37-32-33-38-35-27-25-34(26-28-35)24-22-20-18-10-8-6-4-2/h25-28H,3-24,29-33H2,1-2H3. The van der Waals surface area contributed by atoms with Crippen LogP contribution in [0.25, 0.3) is 0 Å². The molecule has 0 aromatic heterocycles. The normalized spacial score (nSPS) is 11.3. The van der Waals surface area contributed by atoms with E-state index in [1.807, 2.05) is 0 Å². The van der Waals surface area contributed by atoms with E-state index in [-0.39, 0.29) is 0 Å². The minimum atomic E-state index is 0.593. The molecule has 38 heavy (non-hydrogen) atoms. The zero-order valence-corrected chi connectivity index (χ0v) is 25.6. The Bertz CT molecular complexity index is 571. The van der Waals surface area contributed by atoms with Gasteiger partial charge in [-0.2, -0.15) is 0 Å². The fourth-order valence-electron chi connectivity index (χ4n) is 4.98. The highest BCUT2D eigenvalue weighted by Gasteiger charge is 1.99. The third-order valence-electron chi connectivity index (χ3n) is 7.50. The second-order valence-corrected chi connectivity index (χ2v) is 11.2. The highest BCUT2D eigenvalue weighted by Crippen LogP contribution is 2.16. The molecule has 0 atom stereocenters. The summed E-state index contributed by atoms with van der Waals surface area (Å²) < 4.78 is 17.2. The number of benzene rings is 1. The summed E-state index contributed by atoms with van der Waals surface area (Å²) in [5.41, 5.74) is 1.41. The van der Waals surface area contributed by atoms with Crippen LogP contribution in [0.4, 0.5) is 0 Å². The molecule has 222 valence electrons. The predicted octanol–water partition coefficient (Wildman–Crippen LogP) is 10.9. The predicted molar refractivity (Wildman–Crippen MR) is 166 cm³/mol. The third kappa shape index (κ3) is 24.0. The number of unbranched alkanes of at least 4 members (excludes halogenated alkanes) is 19. The molecule has 0 aliphatic rings. The lowest BCUT2D eigenvalue weighted by molar-refractivity contribution is 0.0352. The summed E-state index contributed by atoms with van der Waals surface area (Å²) >= 11 is 0. The molecule has 1 aromatic carbocycles. The van der Waals surface area contributed by atoms with Gasteiger partial charge in [-0.15, -0.1) is 0 Å². The van der Waals surface area contributed by atoms with Gasteiger partial charge in [-0.3, -0.25) is 0 Å². The lowest BCUT2D eigenvalue weighted by Crippen LogP contribution is -2.11. The summed E-state index contributed by atoms with van der Waals surface area (Å²) in [4.78, 5) is 0. The van der Waals surface area contributed by atoms with Crippen molar-refractivity contribution in [1.82, 2.24) is 0 Å². The monoisotopic (exact) mass is 532 g/mol. The van der Waals surface area contributed by atoms with Crippen molar-refractivity contribution in [3.63, 3.8) is 0 Å². The summed E-state index contributed by atoms with van der Waals surface area (Å²) in [6.45, 7) is 7.98. The van der Waals surface area contributed by atoms with Crippen LogP contribution >= 0.6 is 0 Å². The zero-order valence-electron chi connectivity index (χ0n) is 25.6. The van der Waals surface area contributed by atoms with Gasteiger partial charge in [0.05, 0.1) is 19.8 Å². The van der Waals surface area contributed by atoms with Crippen molar-refractivity contribution in [3.8, 4) is 5.75 Å². The van der Waals surface area contributed by atoms with E-state index in [1.165, 1.54) is 147 Å². The van der Waals surface area contributed by atoms with Gasteiger partial charge in [0, 0.05) is 6.61 Å². The summed E-state index contributed by atoms with van der Waals surface area (Å²) in [7, 11) is 0. The van der Waals surface area contributed by atoms with Crippen LogP contribution in [0.3, 0.4) is 0 Å². The van der Waals surface area contributed by atoms with E-state index >= 15 is 0 Å². The van der Waals surface area contributed by atoms with Crippen LogP contribution in [-0.2, 0) is 15.9 Å². The Hall–Kier alpha value is -1.06. The van der Waals surface area contributed by atoms with Crippen LogP contribution in [0.5, 0.6) is 5.75 Å². The smallest absolute Gasteiger partial charge is 0.119 e. The first-order chi connectivity index (χ1) is 18.9. The van der Waals surface area contributed by atoms with Crippen LogP contribution in [0, 0.1) is 0 Å². The Morgan fingerprint density at radius 2 is 0.789 bits per heavy atom. The summed E-state index contributed by atoms with van der Waals surface area (Å²) in [5.74, 6) is 0.936. The van der Waals surface area contributed by atoms with Crippen LogP contribution in [0.1, 0.15) is 154 Å². The minimum absolute atomic E-state index is 0.593. The summed E-state index contributed by atoms with van der Waals surface area (Å²) in [5, 5.41) is 0. The lowest BCUT2D eigenvalue weighted by atomic mass is 10.0. The molecule has 0 bridgehead atoms. The molecule has 0 fully saturated rings. The molecule has 0 N–H and O–H groups in total. The molecule has 0 heterocycles. The second kappa shape index (κ2) is 28.9. The Morgan fingerprint density at radius 1 is 0.395 bits per heavy atom. The highest BCUT2D eigenvalue weighted by molar-refractivity contribution is 5.27. The molecule has 1 rings (SSSR count). The molecule has 0 amide bonds. The Morgan fingerprint density at radius 3 is 1.29 bits per heavy atom. The number of aryl methyl sites for hydroxylation is 1. The summed E-state index contributed by atoms with van der Waals surface area (Å²) in [6, 6.07) is 8.60. The van der Waals surface area contributed by atoms with E-state index < -0.39 is 0 Å². The first-order valence-corrected chi connectivity index (χ1v) is 16.7. The first-order valence-electron chi connectivity index (χ1n) is 16.7. The molecule has 0 spiro atoms. The molecular formula is C35H64O3. The number of rotatable bonds is 30. The van der Waals surface area contributed by atoms with Gasteiger partial charge in [-0.05, 0) is 37.0 Å². The SMILES string of the molecule is CCCCCCCCCCCCCCCCOCCOCCOc1ccc(CCCCCCCCC)cc1. The summed E-state index contributed by atoms with van der Waals surface area (Å²) in [6.07, 6.45) is 30.2. The fraction of sp³-hybridized carbons (Fsp3) is 0.829. The van der Waals surface area contributed by atoms with Crippen molar-refractivity contribution in [2.75, 3.05) is 33.0 Å². The largest absolute Gasteiger partial charge is 0.491 e. The second-order valence-electron chi connectivity index (χ2n) is 11.2. The molecule has 3 heteroatoms. The third-order valence-corrected chi connectivity index (χ3v) is 7.50. The van der Waals surface area contributed by atoms with E-state index in [4.69, 9.17) is 14.2 Å². The average molecular weight is 533 g/mol. The van der Waals surface area contributed by atoms with Crippen LogP contribution in [0.2, 0.25) is 0 Å². The molecule has 1 aromatic rings. The Balaban J connectivity index is 1.78. The highest BCUT2D eigenvalue weighted by atomic mass is 16.5. The lowest BCUT2D eigenvalue weighted by Gasteiger charge is -2.09. The van der Waals surface area contributed by atoms with E-state index in [0.29, 0.717) is 26.4 Å². The van der Waals surface area contributed by atoms with Crippen LogP contribution in [0.15, 0.2) is 24.3 Å². The molecule has 0 aliphatic heterocycles. The van der Waals surface area contributed by atoms with E-state index in [1.54, 1.807) is 0 Å². The van der Waals surface area contributed by atoms with E-state index in [9.17, 15) is 0 Å². The zero-order chi connectivity index (χ0) is 27.2. The maximum Gasteiger partial charge on any atom is 0.119 e. The first kappa shape index (κ1) is 35.0. The average Bonchev–Trinajstić information content (AvgIpc) is 2.94. The van der Waals surface area contributed by atoms with Crippen molar-refractivity contribution in [1.29, 1.82) is 0 Å². The molecule has 0 saturated carbocycles. The number of hydrogen-bond donors (Lipinski definition) is 0. The Labute approximate surface area is 237 Å². The molecule has 0 radical (unpaired) electrons. The van der Waals surface area contributed by atoms with Crippen LogP contribution in [-0.4, -0.2) is 33.0 Å². The van der Waals surface area contributed by atoms with Crippen molar-refractivity contribution >= 4 is 0 Å². The molecule has 0 saturated heterocycles. The van der Waals surface area contributed by atoms with Gasteiger partial charge in [-0.25, -0.2) is 0 Å². The maximum absolute atomic E-state index is 5.81. The van der Waals surface area contributed by atoms with Gasteiger partial charge in [0.1, 0.15) is 12.4 Å². The van der Waals surface area contributed by atoms with E-state index in [0.717, 1.165) is 12.4 Å². The van der Waals surface area contributed by atoms with Gasteiger partial charge in [0.2, 0.25) is 0 Å². The number of ether oxygens (including phenoxy) is 3. The molecule has 0 aliphatic carbocycles. The van der Waals surface area contributed by atoms with Crippen molar-refractivity contribution in [3.05, 3.63) is 29.8 Å². The molecular weight excluding hydrogens is 468 g/mol. The number of hydrogen-bond acceptors (Lipinski definition) is 3. The van der Waals surface area contributed by atoms with Gasteiger partial charge >= 0.3 is 0 Å². The minimum Gasteiger partial charge on any atom is -0.491 e. The quantitative estimate of drug-likeness (QED) is 0.0922. The van der Waals surface area contributed by atoms with Crippen molar-refractivity contribution in [2.24, 2.45) is 0 Å². The van der Waals surface area contributed by atoms with Crippen molar-refractivity contribution in [2.45, 2.75) is 155 Å². The van der Waals surface area contributed by atoms with Gasteiger partial charge < -0.3 is 14.2 Å². The van der Waals surface area contributed by atoms with Crippen molar-refractivity contribution < 1.29 is 14.2 Å². The van der Waals surface area contributed by atoms with Gasteiger partial charge in [0.15, 0.2) is 0 Å². The topological polar surface area (TPSA) is 27.7 Å². The van der Waals surface area contributed by atoms with E-state index in [2.05, 4.69) is 38.1 Å². The maximum atomic E-state index is 5.81. The van der Waals surface area contributed by atoms with Gasteiger partial charge in [0.25, 0.3) is 0 Å². The van der Waals surface area contributed by atoms with Gasteiger partial charge in [-0.1, -0.05) is 148 Å². The molecule has 0 unspecified atom stereocenters. The molecule has 3 nitrogen and oxygen atoms in total. The van der Waals surface area contributed by atoms with Crippen LogP contribution < -0.4 is 4.74 Å². The fourth-order valence-corrected chi connectivity index (χ4v) is 4.98.